The number of thiazole rings is 1. The van der Waals surface area contributed by atoms with Crippen LogP contribution in [0.1, 0.15) is 12.5 Å². The standard InChI is InChI=1S/C15H15ClN4OS2/c1-15(21,9-5-3-4-6-10(9)16)7-17-12-11-13(19-8-18-12)20-14(22-2)23-11/h3-6,8,21H,7H2,1-2H3,(H,17,18,19). The Morgan fingerprint density at radius 1 is 1.35 bits per heavy atom. The number of hydrogen-bond donors (Lipinski definition) is 2. The molecular formula is C15H15ClN4OS2. The molecule has 1 atom stereocenters. The Morgan fingerprint density at radius 2 is 2.13 bits per heavy atom. The van der Waals surface area contributed by atoms with E-state index in [2.05, 4.69) is 20.3 Å². The summed E-state index contributed by atoms with van der Waals surface area (Å²) in [7, 11) is 0. The van der Waals surface area contributed by atoms with Crippen molar-refractivity contribution in [3.05, 3.63) is 41.2 Å². The van der Waals surface area contributed by atoms with Crippen LogP contribution >= 0.6 is 34.7 Å². The first-order valence-corrected chi connectivity index (χ1v) is 9.30. The van der Waals surface area contributed by atoms with Gasteiger partial charge in [0, 0.05) is 17.1 Å². The molecule has 23 heavy (non-hydrogen) atoms. The van der Waals surface area contributed by atoms with Crippen molar-refractivity contribution in [2.45, 2.75) is 16.9 Å². The van der Waals surface area contributed by atoms with Gasteiger partial charge >= 0.3 is 0 Å². The Kier molecular flexibility index (Phi) is 4.72. The van der Waals surface area contributed by atoms with Gasteiger partial charge in [0.2, 0.25) is 0 Å². The van der Waals surface area contributed by atoms with E-state index in [-0.39, 0.29) is 6.54 Å². The smallest absolute Gasteiger partial charge is 0.176 e. The van der Waals surface area contributed by atoms with Crippen molar-refractivity contribution in [1.29, 1.82) is 0 Å². The number of anilines is 1. The van der Waals surface area contributed by atoms with Gasteiger partial charge in [0.15, 0.2) is 9.99 Å². The predicted octanol–water partition coefficient (Wildman–Crippen LogP) is 3.78. The van der Waals surface area contributed by atoms with Gasteiger partial charge in [0.05, 0.1) is 0 Å². The second kappa shape index (κ2) is 6.60. The molecule has 2 heterocycles. The number of thioether (sulfide) groups is 1. The van der Waals surface area contributed by atoms with Crippen LogP contribution in [0.2, 0.25) is 5.02 Å². The molecule has 3 rings (SSSR count). The van der Waals surface area contributed by atoms with Crippen molar-refractivity contribution >= 4 is 50.9 Å². The van der Waals surface area contributed by atoms with Crippen molar-refractivity contribution in [3.63, 3.8) is 0 Å². The lowest BCUT2D eigenvalue weighted by Crippen LogP contribution is -2.31. The van der Waals surface area contributed by atoms with Crippen LogP contribution < -0.4 is 5.32 Å². The van der Waals surface area contributed by atoms with Gasteiger partial charge in [0.1, 0.15) is 22.4 Å². The van der Waals surface area contributed by atoms with Crippen LogP contribution in [0.4, 0.5) is 5.82 Å². The molecule has 0 aliphatic heterocycles. The zero-order valence-corrected chi connectivity index (χ0v) is 15.0. The van der Waals surface area contributed by atoms with Crippen molar-refractivity contribution in [1.82, 2.24) is 15.0 Å². The van der Waals surface area contributed by atoms with Gasteiger partial charge in [0.25, 0.3) is 0 Å². The molecule has 0 aliphatic carbocycles. The third-order valence-electron chi connectivity index (χ3n) is 3.40. The summed E-state index contributed by atoms with van der Waals surface area (Å²) in [5.74, 6) is 0.667. The fourth-order valence-corrected chi connectivity index (χ4v) is 4.02. The van der Waals surface area contributed by atoms with Crippen LogP contribution in [0.5, 0.6) is 0 Å². The number of aliphatic hydroxyl groups is 1. The predicted molar refractivity (Wildman–Crippen MR) is 96.5 cm³/mol. The van der Waals surface area contributed by atoms with Crippen molar-refractivity contribution in [3.8, 4) is 0 Å². The molecule has 0 saturated carbocycles. The van der Waals surface area contributed by atoms with Crippen LogP contribution in [0.15, 0.2) is 34.9 Å². The summed E-state index contributed by atoms with van der Waals surface area (Å²) in [4.78, 5) is 12.9. The lowest BCUT2D eigenvalue weighted by atomic mass is 9.96. The van der Waals surface area contributed by atoms with E-state index in [0.29, 0.717) is 22.1 Å². The number of nitrogens with one attached hydrogen (secondary N) is 1. The van der Waals surface area contributed by atoms with Crippen molar-refractivity contribution in [2.24, 2.45) is 0 Å². The highest BCUT2D eigenvalue weighted by atomic mass is 35.5. The van der Waals surface area contributed by atoms with E-state index >= 15 is 0 Å². The number of hydrogen-bond acceptors (Lipinski definition) is 7. The summed E-state index contributed by atoms with van der Waals surface area (Å²) >= 11 is 9.28. The maximum absolute atomic E-state index is 10.7. The van der Waals surface area contributed by atoms with E-state index in [1.165, 1.54) is 17.7 Å². The molecule has 0 aliphatic rings. The Balaban J connectivity index is 1.85. The van der Waals surface area contributed by atoms with Crippen LogP contribution in [-0.2, 0) is 5.60 Å². The Morgan fingerprint density at radius 3 is 2.87 bits per heavy atom. The second-order valence-corrected chi connectivity index (χ2v) is 7.63. The number of rotatable bonds is 5. The molecule has 1 unspecified atom stereocenters. The molecular weight excluding hydrogens is 352 g/mol. The minimum absolute atomic E-state index is 0.273. The van der Waals surface area contributed by atoms with E-state index < -0.39 is 5.60 Å². The van der Waals surface area contributed by atoms with Gasteiger partial charge in [-0.2, -0.15) is 0 Å². The summed E-state index contributed by atoms with van der Waals surface area (Å²) in [5.41, 5.74) is 0.214. The molecule has 0 fully saturated rings. The molecule has 3 aromatic rings. The normalized spacial score (nSPS) is 13.9. The lowest BCUT2D eigenvalue weighted by Gasteiger charge is -2.25. The van der Waals surface area contributed by atoms with Gasteiger partial charge in [-0.15, -0.1) is 11.3 Å². The zero-order valence-electron chi connectivity index (χ0n) is 12.6. The maximum atomic E-state index is 10.7. The van der Waals surface area contributed by atoms with Gasteiger partial charge in [-0.25, -0.2) is 15.0 Å². The van der Waals surface area contributed by atoms with E-state index in [0.717, 1.165) is 9.04 Å². The highest BCUT2D eigenvalue weighted by molar-refractivity contribution is 8.00. The fourth-order valence-electron chi connectivity index (χ4n) is 2.20. The van der Waals surface area contributed by atoms with Gasteiger partial charge < -0.3 is 10.4 Å². The van der Waals surface area contributed by atoms with E-state index in [4.69, 9.17) is 11.6 Å². The van der Waals surface area contributed by atoms with Crippen LogP contribution in [-0.4, -0.2) is 32.9 Å². The van der Waals surface area contributed by atoms with Crippen LogP contribution in [0.25, 0.3) is 10.3 Å². The molecule has 1 aromatic carbocycles. The summed E-state index contributed by atoms with van der Waals surface area (Å²) in [6.45, 7) is 1.99. The third-order valence-corrected chi connectivity index (χ3v) is 5.77. The third kappa shape index (κ3) is 3.42. The van der Waals surface area contributed by atoms with E-state index in [1.54, 1.807) is 24.8 Å². The highest BCUT2D eigenvalue weighted by Crippen LogP contribution is 2.32. The molecule has 0 amide bonds. The number of fused-ring (bicyclic) bond motifs is 1. The first-order chi connectivity index (χ1) is 11.0. The average molecular weight is 367 g/mol. The Hall–Kier alpha value is -1.41. The lowest BCUT2D eigenvalue weighted by molar-refractivity contribution is 0.0716. The summed E-state index contributed by atoms with van der Waals surface area (Å²) in [5, 5.41) is 14.5. The maximum Gasteiger partial charge on any atom is 0.176 e. The number of halogens is 1. The largest absolute Gasteiger partial charge is 0.384 e. The zero-order chi connectivity index (χ0) is 16.4. The summed E-state index contributed by atoms with van der Waals surface area (Å²) in [6.07, 6.45) is 3.44. The first-order valence-electron chi connectivity index (χ1n) is 6.88. The van der Waals surface area contributed by atoms with Crippen LogP contribution in [0.3, 0.4) is 0 Å². The van der Waals surface area contributed by atoms with Crippen molar-refractivity contribution < 1.29 is 5.11 Å². The van der Waals surface area contributed by atoms with E-state index in [9.17, 15) is 5.11 Å². The number of benzene rings is 1. The Labute approximate surface area is 147 Å². The first kappa shape index (κ1) is 16.4. The average Bonchev–Trinajstić information content (AvgIpc) is 2.97. The summed E-state index contributed by atoms with van der Waals surface area (Å²) < 4.78 is 1.81. The molecule has 0 radical (unpaired) electrons. The molecule has 5 nitrogen and oxygen atoms in total. The minimum Gasteiger partial charge on any atom is -0.384 e. The molecule has 8 heteroatoms. The quantitative estimate of drug-likeness (QED) is 0.669. The minimum atomic E-state index is -1.12. The monoisotopic (exact) mass is 366 g/mol. The molecule has 0 saturated heterocycles. The van der Waals surface area contributed by atoms with E-state index in [1.807, 2.05) is 24.5 Å². The molecule has 2 N–H and O–H groups in total. The van der Waals surface area contributed by atoms with Gasteiger partial charge in [-0.05, 0) is 19.2 Å². The molecule has 0 spiro atoms. The molecule has 120 valence electrons. The number of nitrogens with zero attached hydrogens (tertiary/aromatic N) is 3. The highest BCUT2D eigenvalue weighted by Gasteiger charge is 2.26. The van der Waals surface area contributed by atoms with Crippen LogP contribution in [0, 0.1) is 0 Å². The summed E-state index contributed by atoms with van der Waals surface area (Å²) in [6, 6.07) is 7.28. The Bertz CT molecular complexity index is 837. The van der Waals surface area contributed by atoms with Gasteiger partial charge in [-0.3, -0.25) is 0 Å². The second-order valence-electron chi connectivity index (χ2n) is 5.17. The van der Waals surface area contributed by atoms with Crippen molar-refractivity contribution in [2.75, 3.05) is 18.1 Å². The SMILES string of the molecule is CSc1nc2ncnc(NCC(C)(O)c3ccccc3Cl)c2s1. The van der Waals surface area contributed by atoms with Gasteiger partial charge in [-0.1, -0.05) is 41.6 Å². The topological polar surface area (TPSA) is 70.9 Å². The fraction of sp³-hybridized carbons (Fsp3) is 0.267. The molecule has 2 aromatic heterocycles. The molecule has 0 bridgehead atoms. The number of aromatic nitrogens is 3.